The van der Waals surface area contributed by atoms with Gasteiger partial charge in [-0.15, -0.1) is 0 Å². The van der Waals surface area contributed by atoms with Crippen LogP contribution in [0.3, 0.4) is 0 Å². The number of benzene rings is 1. The maximum Gasteiger partial charge on any atom is 0.410 e. The van der Waals surface area contributed by atoms with Gasteiger partial charge in [0.2, 0.25) is 0 Å². The molecule has 0 bridgehead atoms. The van der Waals surface area contributed by atoms with E-state index in [1.807, 2.05) is 20.8 Å². The summed E-state index contributed by atoms with van der Waals surface area (Å²) in [6, 6.07) is 8.86. The lowest BCUT2D eigenvalue weighted by atomic mass is 10.1. The van der Waals surface area contributed by atoms with Crippen molar-refractivity contribution in [2.24, 2.45) is 0 Å². The van der Waals surface area contributed by atoms with Crippen LogP contribution in [0.2, 0.25) is 0 Å². The average Bonchev–Trinajstić information content (AvgIpc) is 2.33. The van der Waals surface area contributed by atoms with E-state index in [4.69, 9.17) is 4.74 Å². The second-order valence-corrected chi connectivity index (χ2v) is 6.67. The number of hydrogen-bond acceptors (Lipinski definition) is 3. The number of aryl methyl sites for hydroxylation is 1. The van der Waals surface area contributed by atoms with Gasteiger partial charge in [-0.05, 0) is 44.9 Å². The predicted octanol–water partition coefficient (Wildman–Crippen LogP) is 3.67. The SMILES string of the molecule is CCCc1ccc(NC2CN(C(=O)OC(C)(C)C)C2)cc1. The Morgan fingerprint density at radius 2 is 1.90 bits per heavy atom. The standard InChI is InChI=1S/C17H26N2O2/c1-5-6-13-7-9-14(10-8-13)18-15-11-19(12-15)16(20)21-17(2,3)4/h7-10,15,18H,5-6,11-12H2,1-4H3. The first-order valence-corrected chi connectivity index (χ1v) is 7.71. The molecule has 1 N–H and O–H groups in total. The van der Waals surface area contributed by atoms with Gasteiger partial charge in [-0.3, -0.25) is 0 Å². The van der Waals surface area contributed by atoms with Crippen LogP contribution in [-0.4, -0.2) is 35.7 Å². The fraction of sp³-hybridized carbons (Fsp3) is 0.588. The summed E-state index contributed by atoms with van der Waals surface area (Å²) < 4.78 is 5.34. The Kier molecular flexibility index (Phi) is 4.76. The highest BCUT2D eigenvalue weighted by Gasteiger charge is 2.33. The van der Waals surface area contributed by atoms with Crippen molar-refractivity contribution in [1.29, 1.82) is 0 Å². The molecule has 1 heterocycles. The number of ether oxygens (including phenoxy) is 1. The second-order valence-electron chi connectivity index (χ2n) is 6.67. The molecule has 0 saturated carbocycles. The Hall–Kier alpha value is -1.71. The summed E-state index contributed by atoms with van der Waals surface area (Å²) in [5.41, 5.74) is 2.06. The zero-order valence-corrected chi connectivity index (χ0v) is 13.5. The number of amides is 1. The van der Waals surface area contributed by atoms with E-state index >= 15 is 0 Å². The molecule has 21 heavy (non-hydrogen) atoms. The molecule has 1 aliphatic rings. The number of rotatable bonds is 4. The van der Waals surface area contributed by atoms with Crippen molar-refractivity contribution in [2.45, 2.75) is 52.2 Å². The van der Waals surface area contributed by atoms with Crippen molar-refractivity contribution < 1.29 is 9.53 Å². The van der Waals surface area contributed by atoms with E-state index in [1.54, 1.807) is 4.90 Å². The molecule has 1 saturated heterocycles. The molecule has 4 heteroatoms. The van der Waals surface area contributed by atoms with Crippen LogP contribution in [0.5, 0.6) is 0 Å². The van der Waals surface area contributed by atoms with Crippen molar-refractivity contribution in [3.8, 4) is 0 Å². The van der Waals surface area contributed by atoms with Gasteiger partial charge in [0, 0.05) is 18.8 Å². The Bertz CT molecular complexity index is 471. The van der Waals surface area contributed by atoms with Crippen molar-refractivity contribution in [1.82, 2.24) is 4.90 Å². The lowest BCUT2D eigenvalue weighted by Crippen LogP contribution is -2.57. The van der Waals surface area contributed by atoms with Crippen molar-refractivity contribution in [3.63, 3.8) is 0 Å². The maximum atomic E-state index is 11.8. The molecule has 0 aliphatic carbocycles. The number of anilines is 1. The summed E-state index contributed by atoms with van der Waals surface area (Å²) in [6.45, 7) is 9.25. The number of likely N-dealkylation sites (tertiary alicyclic amines) is 1. The first kappa shape index (κ1) is 15.7. The van der Waals surface area contributed by atoms with Gasteiger partial charge in [-0.2, -0.15) is 0 Å². The molecule has 1 aromatic carbocycles. The van der Waals surface area contributed by atoms with Gasteiger partial charge in [0.1, 0.15) is 5.60 Å². The molecule has 2 rings (SSSR count). The van der Waals surface area contributed by atoms with Crippen molar-refractivity contribution in [2.75, 3.05) is 18.4 Å². The molecule has 4 nitrogen and oxygen atoms in total. The molecule has 1 aliphatic heterocycles. The fourth-order valence-electron chi connectivity index (χ4n) is 2.34. The van der Waals surface area contributed by atoms with Crippen molar-refractivity contribution in [3.05, 3.63) is 29.8 Å². The molecule has 0 spiro atoms. The molecular weight excluding hydrogens is 264 g/mol. The van der Waals surface area contributed by atoms with Gasteiger partial charge in [0.05, 0.1) is 6.04 Å². The highest BCUT2D eigenvalue weighted by Crippen LogP contribution is 2.19. The smallest absolute Gasteiger partial charge is 0.410 e. The lowest BCUT2D eigenvalue weighted by Gasteiger charge is -2.40. The monoisotopic (exact) mass is 290 g/mol. The lowest BCUT2D eigenvalue weighted by molar-refractivity contribution is 0.0105. The number of carbonyl (C=O) groups excluding carboxylic acids is 1. The van der Waals surface area contributed by atoms with Gasteiger partial charge in [-0.1, -0.05) is 25.5 Å². The van der Waals surface area contributed by atoms with Crippen LogP contribution < -0.4 is 5.32 Å². The molecule has 0 aromatic heterocycles. The van der Waals surface area contributed by atoms with E-state index in [0.717, 1.165) is 12.1 Å². The topological polar surface area (TPSA) is 41.6 Å². The van der Waals surface area contributed by atoms with Crippen LogP contribution in [0, 0.1) is 0 Å². The number of hydrogen-bond donors (Lipinski definition) is 1. The Labute approximate surface area is 127 Å². The molecule has 0 unspecified atom stereocenters. The van der Waals surface area contributed by atoms with Crippen LogP contribution in [0.1, 0.15) is 39.7 Å². The Morgan fingerprint density at radius 3 is 2.43 bits per heavy atom. The highest BCUT2D eigenvalue weighted by atomic mass is 16.6. The zero-order chi connectivity index (χ0) is 15.5. The van der Waals surface area contributed by atoms with E-state index in [2.05, 4.69) is 36.5 Å². The highest BCUT2D eigenvalue weighted by molar-refractivity contribution is 5.69. The molecule has 0 radical (unpaired) electrons. The molecule has 1 fully saturated rings. The van der Waals surface area contributed by atoms with Crippen LogP contribution in [0.25, 0.3) is 0 Å². The van der Waals surface area contributed by atoms with Gasteiger partial charge in [-0.25, -0.2) is 4.79 Å². The fourth-order valence-corrected chi connectivity index (χ4v) is 2.34. The second kappa shape index (κ2) is 6.37. The molecular formula is C17H26N2O2. The van der Waals surface area contributed by atoms with E-state index in [-0.39, 0.29) is 6.09 Å². The number of carbonyl (C=O) groups is 1. The van der Waals surface area contributed by atoms with Crippen LogP contribution >= 0.6 is 0 Å². The van der Waals surface area contributed by atoms with E-state index in [1.165, 1.54) is 12.0 Å². The third kappa shape index (κ3) is 4.66. The van der Waals surface area contributed by atoms with Crippen LogP contribution in [0.4, 0.5) is 10.5 Å². The molecule has 1 amide bonds. The third-order valence-corrected chi connectivity index (χ3v) is 3.40. The van der Waals surface area contributed by atoms with Gasteiger partial charge < -0.3 is 15.0 Å². The van der Waals surface area contributed by atoms with Gasteiger partial charge in [0.25, 0.3) is 0 Å². The average molecular weight is 290 g/mol. The summed E-state index contributed by atoms with van der Waals surface area (Å²) in [6.07, 6.45) is 2.06. The van der Waals surface area contributed by atoms with Crippen molar-refractivity contribution >= 4 is 11.8 Å². The summed E-state index contributed by atoms with van der Waals surface area (Å²) >= 11 is 0. The Balaban J connectivity index is 1.76. The van der Waals surface area contributed by atoms with E-state index < -0.39 is 5.60 Å². The maximum absolute atomic E-state index is 11.8. The van der Waals surface area contributed by atoms with Gasteiger partial charge >= 0.3 is 6.09 Å². The summed E-state index contributed by atoms with van der Waals surface area (Å²) in [5.74, 6) is 0. The van der Waals surface area contributed by atoms with E-state index in [0.29, 0.717) is 19.1 Å². The minimum atomic E-state index is -0.426. The first-order chi connectivity index (χ1) is 9.87. The van der Waals surface area contributed by atoms with Crippen LogP contribution in [0.15, 0.2) is 24.3 Å². The number of nitrogens with zero attached hydrogens (tertiary/aromatic N) is 1. The summed E-state index contributed by atoms with van der Waals surface area (Å²) in [4.78, 5) is 13.6. The normalized spacial score (nSPS) is 15.5. The predicted molar refractivity (Wildman–Crippen MR) is 85.7 cm³/mol. The minimum Gasteiger partial charge on any atom is -0.444 e. The Morgan fingerprint density at radius 1 is 1.29 bits per heavy atom. The summed E-state index contributed by atoms with van der Waals surface area (Å²) in [7, 11) is 0. The third-order valence-electron chi connectivity index (χ3n) is 3.40. The number of nitrogens with one attached hydrogen (secondary N) is 1. The quantitative estimate of drug-likeness (QED) is 0.920. The zero-order valence-electron chi connectivity index (χ0n) is 13.5. The minimum absolute atomic E-state index is 0.223. The largest absolute Gasteiger partial charge is 0.444 e. The van der Waals surface area contributed by atoms with Crippen LogP contribution in [-0.2, 0) is 11.2 Å². The molecule has 116 valence electrons. The van der Waals surface area contributed by atoms with Gasteiger partial charge in [0.15, 0.2) is 0 Å². The molecule has 1 aromatic rings. The van der Waals surface area contributed by atoms with E-state index in [9.17, 15) is 4.79 Å². The molecule has 0 atom stereocenters. The summed E-state index contributed by atoms with van der Waals surface area (Å²) in [5, 5.41) is 3.45. The first-order valence-electron chi connectivity index (χ1n) is 7.71.